The molecular weight excluding hydrogens is 307 g/mol. The van der Waals surface area contributed by atoms with Gasteiger partial charge in [0, 0.05) is 19.1 Å². The van der Waals surface area contributed by atoms with Crippen LogP contribution in [0.5, 0.6) is 0 Å². The van der Waals surface area contributed by atoms with Gasteiger partial charge < -0.3 is 16.0 Å². The molecule has 0 bridgehead atoms. The van der Waals surface area contributed by atoms with E-state index in [4.69, 9.17) is 0 Å². The molecule has 1 heterocycles. The van der Waals surface area contributed by atoms with Crippen molar-refractivity contribution in [2.45, 2.75) is 46.2 Å². The van der Waals surface area contributed by atoms with Gasteiger partial charge in [0.2, 0.25) is 17.8 Å². The van der Waals surface area contributed by atoms with Crippen LogP contribution in [0.1, 0.15) is 39.2 Å². The molecule has 0 aliphatic heterocycles. The van der Waals surface area contributed by atoms with Crippen LogP contribution in [0.15, 0.2) is 24.3 Å². The van der Waals surface area contributed by atoms with Crippen LogP contribution in [-0.2, 0) is 6.54 Å². The monoisotopic (exact) mass is 332 g/mol. The molecular formula is C17H25FN6. The molecule has 7 heteroatoms. The first-order valence-electron chi connectivity index (χ1n) is 8.31. The van der Waals surface area contributed by atoms with Crippen molar-refractivity contribution in [3.8, 4) is 0 Å². The van der Waals surface area contributed by atoms with Gasteiger partial charge >= 0.3 is 0 Å². The highest BCUT2D eigenvalue weighted by Gasteiger charge is 2.07. The van der Waals surface area contributed by atoms with Crippen molar-refractivity contribution in [1.82, 2.24) is 15.0 Å². The summed E-state index contributed by atoms with van der Waals surface area (Å²) in [6.45, 7) is 7.43. The van der Waals surface area contributed by atoms with Crippen LogP contribution in [0.25, 0.3) is 0 Å². The second kappa shape index (κ2) is 9.00. The van der Waals surface area contributed by atoms with Crippen LogP contribution in [0.2, 0.25) is 0 Å². The summed E-state index contributed by atoms with van der Waals surface area (Å²) in [4.78, 5) is 13.1. The number of aromatic nitrogens is 3. The van der Waals surface area contributed by atoms with E-state index >= 15 is 0 Å². The minimum Gasteiger partial charge on any atom is -0.354 e. The minimum atomic E-state index is -0.256. The smallest absolute Gasteiger partial charge is 0.229 e. The highest BCUT2D eigenvalue weighted by molar-refractivity contribution is 5.42. The molecule has 24 heavy (non-hydrogen) atoms. The van der Waals surface area contributed by atoms with Gasteiger partial charge in [-0.3, -0.25) is 0 Å². The topological polar surface area (TPSA) is 74.8 Å². The molecule has 0 unspecified atom stereocenters. The summed E-state index contributed by atoms with van der Waals surface area (Å²) in [5.74, 6) is 1.24. The fraction of sp³-hybridized carbons (Fsp3) is 0.471. The molecule has 2 aromatic rings. The fourth-order valence-electron chi connectivity index (χ4n) is 2.06. The second-order valence-electron chi connectivity index (χ2n) is 5.87. The Bertz CT molecular complexity index is 647. The van der Waals surface area contributed by atoms with Crippen LogP contribution in [-0.4, -0.2) is 27.5 Å². The third kappa shape index (κ3) is 5.98. The Hall–Kier alpha value is -2.44. The Morgan fingerprint density at radius 2 is 1.75 bits per heavy atom. The van der Waals surface area contributed by atoms with Crippen molar-refractivity contribution in [2.24, 2.45) is 0 Å². The second-order valence-corrected chi connectivity index (χ2v) is 5.87. The number of hydrogen-bond donors (Lipinski definition) is 3. The number of halogens is 1. The van der Waals surface area contributed by atoms with Crippen LogP contribution in [0.4, 0.5) is 22.2 Å². The molecule has 3 N–H and O–H groups in total. The summed E-state index contributed by atoms with van der Waals surface area (Å²) in [5, 5.41) is 9.51. The average molecular weight is 332 g/mol. The lowest BCUT2D eigenvalue weighted by atomic mass is 10.2. The number of rotatable bonds is 9. The first-order valence-corrected chi connectivity index (χ1v) is 8.31. The zero-order valence-electron chi connectivity index (χ0n) is 14.4. The molecule has 0 radical (unpaired) electrons. The maximum Gasteiger partial charge on any atom is 0.229 e. The number of hydrogen-bond acceptors (Lipinski definition) is 6. The van der Waals surface area contributed by atoms with Gasteiger partial charge in [0.25, 0.3) is 0 Å². The van der Waals surface area contributed by atoms with Crippen molar-refractivity contribution in [3.05, 3.63) is 35.6 Å². The molecule has 0 amide bonds. The summed E-state index contributed by atoms with van der Waals surface area (Å²) >= 11 is 0. The Balaban J connectivity index is 2.09. The quantitative estimate of drug-likeness (QED) is 0.609. The Kier molecular flexibility index (Phi) is 6.72. The summed E-state index contributed by atoms with van der Waals surface area (Å²) in [6.07, 6.45) is 2.14. The maximum atomic E-state index is 13.2. The van der Waals surface area contributed by atoms with Crippen molar-refractivity contribution >= 4 is 17.8 Å². The van der Waals surface area contributed by atoms with E-state index in [2.05, 4.69) is 37.8 Å². The van der Waals surface area contributed by atoms with E-state index in [1.54, 1.807) is 6.07 Å². The van der Waals surface area contributed by atoms with E-state index < -0.39 is 0 Å². The van der Waals surface area contributed by atoms with Crippen LogP contribution >= 0.6 is 0 Å². The third-order valence-electron chi connectivity index (χ3n) is 3.21. The van der Waals surface area contributed by atoms with Crippen molar-refractivity contribution < 1.29 is 4.39 Å². The molecule has 0 saturated carbocycles. The Labute approximate surface area is 142 Å². The van der Waals surface area contributed by atoms with Gasteiger partial charge in [-0.1, -0.05) is 25.5 Å². The van der Waals surface area contributed by atoms with Gasteiger partial charge in [0.15, 0.2) is 0 Å². The standard InChI is InChI=1S/C17H25FN6/c1-4-5-9-19-15-22-16(24-17(23-15)21-12(2)3)20-11-13-7-6-8-14(18)10-13/h6-8,10,12H,4-5,9,11H2,1-3H3,(H3,19,20,21,22,23,24). The van der Waals surface area contributed by atoms with E-state index in [1.165, 1.54) is 12.1 Å². The molecule has 130 valence electrons. The molecule has 0 saturated heterocycles. The number of nitrogens with zero attached hydrogens (tertiary/aromatic N) is 3. The lowest BCUT2D eigenvalue weighted by Crippen LogP contribution is -2.16. The van der Waals surface area contributed by atoms with Gasteiger partial charge in [-0.15, -0.1) is 0 Å². The highest BCUT2D eigenvalue weighted by Crippen LogP contribution is 2.12. The molecule has 2 rings (SSSR count). The van der Waals surface area contributed by atoms with Gasteiger partial charge in [-0.2, -0.15) is 15.0 Å². The SMILES string of the molecule is CCCCNc1nc(NCc2cccc(F)c2)nc(NC(C)C)n1. The summed E-state index contributed by atoms with van der Waals surface area (Å²) < 4.78 is 13.2. The minimum absolute atomic E-state index is 0.215. The number of benzene rings is 1. The van der Waals surface area contributed by atoms with Crippen LogP contribution < -0.4 is 16.0 Å². The Morgan fingerprint density at radius 1 is 1.04 bits per heavy atom. The molecule has 0 spiro atoms. The predicted molar refractivity (Wildman–Crippen MR) is 95.7 cm³/mol. The number of anilines is 3. The van der Waals surface area contributed by atoms with Gasteiger partial charge in [0.1, 0.15) is 5.82 Å². The lowest BCUT2D eigenvalue weighted by Gasteiger charge is -2.12. The summed E-state index contributed by atoms with van der Waals surface area (Å²) in [6, 6.07) is 6.66. The van der Waals surface area contributed by atoms with Crippen molar-refractivity contribution in [3.63, 3.8) is 0 Å². The number of unbranched alkanes of at least 4 members (excludes halogenated alkanes) is 1. The van der Waals surface area contributed by atoms with E-state index in [1.807, 2.05) is 19.9 Å². The van der Waals surface area contributed by atoms with E-state index in [9.17, 15) is 4.39 Å². The van der Waals surface area contributed by atoms with E-state index in [0.29, 0.717) is 24.4 Å². The molecule has 1 aromatic heterocycles. The number of nitrogens with one attached hydrogen (secondary N) is 3. The molecule has 0 aliphatic carbocycles. The zero-order valence-corrected chi connectivity index (χ0v) is 14.4. The third-order valence-corrected chi connectivity index (χ3v) is 3.21. The summed E-state index contributed by atoms with van der Waals surface area (Å²) in [5.41, 5.74) is 0.828. The zero-order chi connectivity index (χ0) is 17.4. The molecule has 0 aliphatic rings. The fourth-order valence-corrected chi connectivity index (χ4v) is 2.06. The lowest BCUT2D eigenvalue weighted by molar-refractivity contribution is 0.626. The van der Waals surface area contributed by atoms with Crippen LogP contribution in [0.3, 0.4) is 0 Å². The molecule has 0 fully saturated rings. The molecule has 0 atom stereocenters. The van der Waals surface area contributed by atoms with Gasteiger partial charge in [-0.25, -0.2) is 4.39 Å². The largest absolute Gasteiger partial charge is 0.354 e. The average Bonchev–Trinajstić information content (AvgIpc) is 2.52. The van der Waals surface area contributed by atoms with Crippen molar-refractivity contribution in [1.29, 1.82) is 0 Å². The molecule has 1 aromatic carbocycles. The molecule has 6 nitrogen and oxygen atoms in total. The van der Waals surface area contributed by atoms with Gasteiger partial charge in [0.05, 0.1) is 0 Å². The maximum absolute atomic E-state index is 13.2. The summed E-state index contributed by atoms with van der Waals surface area (Å²) in [7, 11) is 0. The normalized spacial score (nSPS) is 10.7. The first-order chi connectivity index (χ1) is 11.6. The van der Waals surface area contributed by atoms with Crippen LogP contribution in [0, 0.1) is 5.82 Å². The highest BCUT2D eigenvalue weighted by atomic mass is 19.1. The van der Waals surface area contributed by atoms with Gasteiger partial charge in [-0.05, 0) is 38.0 Å². The first kappa shape index (κ1) is 17.9. The van der Waals surface area contributed by atoms with E-state index in [0.717, 1.165) is 24.9 Å². The van der Waals surface area contributed by atoms with Crippen molar-refractivity contribution in [2.75, 3.05) is 22.5 Å². The Morgan fingerprint density at radius 3 is 2.42 bits per heavy atom. The predicted octanol–water partition coefficient (Wildman–Crippen LogP) is 3.66. The van der Waals surface area contributed by atoms with E-state index in [-0.39, 0.29) is 11.9 Å².